The minimum Gasteiger partial charge on any atom is -0.361 e. The predicted molar refractivity (Wildman–Crippen MR) is 68.6 cm³/mol. The lowest BCUT2D eigenvalue weighted by Crippen LogP contribution is -2.27. The Labute approximate surface area is 93.9 Å². The lowest BCUT2D eigenvalue weighted by atomic mass is 10.6. The molecule has 0 radical (unpaired) electrons. The van der Waals surface area contributed by atoms with Crippen LogP contribution in [0.3, 0.4) is 0 Å². The van der Waals surface area contributed by atoms with Gasteiger partial charge in [0.25, 0.3) is 0 Å². The largest absolute Gasteiger partial charge is 0.361 e. The Hall–Kier alpha value is -0.683. The van der Waals surface area contributed by atoms with Crippen molar-refractivity contribution in [1.29, 1.82) is 5.41 Å². The molecule has 0 aliphatic rings. The van der Waals surface area contributed by atoms with Gasteiger partial charge in [0.15, 0.2) is 0 Å². The zero-order valence-electron chi connectivity index (χ0n) is 10.3. The van der Waals surface area contributed by atoms with Crippen LogP contribution in [0.15, 0.2) is 4.99 Å². The molecule has 1 N–H and O–H groups in total. The zero-order valence-corrected chi connectivity index (χ0v) is 11.3. The molecule has 0 aliphatic heterocycles. The van der Waals surface area contributed by atoms with E-state index in [4.69, 9.17) is 10.1 Å². The van der Waals surface area contributed by atoms with Crippen molar-refractivity contribution in [3.05, 3.63) is 0 Å². The average molecular weight is 229 g/mol. The summed E-state index contributed by atoms with van der Waals surface area (Å²) in [6.07, 6.45) is 2.67. The van der Waals surface area contributed by atoms with Crippen LogP contribution >= 0.6 is 0 Å². The summed E-state index contributed by atoms with van der Waals surface area (Å²) in [7, 11) is -0.978. The second-order valence-electron chi connectivity index (χ2n) is 4.65. The maximum atomic E-state index is 6.78. The highest BCUT2D eigenvalue weighted by molar-refractivity contribution is 6.76. The van der Waals surface area contributed by atoms with E-state index in [9.17, 15) is 0 Å². The van der Waals surface area contributed by atoms with Crippen molar-refractivity contribution in [2.45, 2.75) is 32.6 Å². The number of rotatable bonds is 8. The van der Waals surface area contributed by atoms with E-state index in [0.717, 1.165) is 19.5 Å². The minimum atomic E-state index is -0.978. The maximum absolute atomic E-state index is 6.78. The van der Waals surface area contributed by atoms with Crippen LogP contribution in [-0.4, -0.2) is 45.5 Å². The third-order valence-electron chi connectivity index (χ3n) is 1.96. The van der Waals surface area contributed by atoms with Crippen molar-refractivity contribution in [3.63, 3.8) is 0 Å². The Morgan fingerprint density at radius 3 is 2.53 bits per heavy atom. The number of nitrogens with zero attached hydrogens (tertiary/aromatic N) is 2. The van der Waals surface area contributed by atoms with Gasteiger partial charge in [-0.15, -0.1) is 0 Å². The number of hydrogen-bond acceptors (Lipinski definition) is 2. The molecule has 5 heteroatoms. The number of hydrogen-bond donors (Lipinski definition) is 1. The first-order valence-electron chi connectivity index (χ1n) is 5.33. The molecule has 0 fully saturated rings. The van der Waals surface area contributed by atoms with Gasteiger partial charge >= 0.3 is 0 Å². The molecule has 0 spiro atoms. The van der Waals surface area contributed by atoms with Crippen LogP contribution in [-0.2, 0) is 4.74 Å². The highest BCUT2D eigenvalue weighted by Crippen LogP contribution is 2.07. The van der Waals surface area contributed by atoms with Gasteiger partial charge in [-0.25, -0.2) is 4.99 Å². The summed E-state index contributed by atoms with van der Waals surface area (Å²) in [5.41, 5.74) is 0. The van der Waals surface area contributed by atoms with Gasteiger partial charge in [0.1, 0.15) is 13.1 Å². The SMILES string of the molecule is CCN(/C=N/C=N)COCC[Si](C)(C)C. The van der Waals surface area contributed by atoms with Crippen molar-refractivity contribution in [1.82, 2.24) is 4.90 Å². The Morgan fingerprint density at radius 2 is 2.07 bits per heavy atom. The predicted octanol–water partition coefficient (Wildman–Crippen LogP) is 2.26. The molecule has 0 atom stereocenters. The number of nitrogens with one attached hydrogen (secondary N) is 1. The molecule has 0 bridgehead atoms. The van der Waals surface area contributed by atoms with E-state index in [2.05, 4.69) is 24.6 Å². The first-order chi connectivity index (χ1) is 6.99. The molecule has 4 nitrogen and oxygen atoms in total. The van der Waals surface area contributed by atoms with Crippen LogP contribution in [0.25, 0.3) is 0 Å². The normalized spacial score (nSPS) is 12.0. The lowest BCUT2D eigenvalue weighted by molar-refractivity contribution is 0.0784. The average Bonchev–Trinajstić information content (AvgIpc) is 2.15. The van der Waals surface area contributed by atoms with E-state index in [-0.39, 0.29) is 0 Å². The third kappa shape index (κ3) is 9.62. The van der Waals surface area contributed by atoms with Gasteiger partial charge in [0, 0.05) is 21.2 Å². The van der Waals surface area contributed by atoms with Gasteiger partial charge in [-0.3, -0.25) is 5.41 Å². The molecular weight excluding hydrogens is 206 g/mol. The minimum absolute atomic E-state index is 0.568. The summed E-state index contributed by atoms with van der Waals surface area (Å²) >= 11 is 0. The number of ether oxygens (including phenoxy) is 1. The Morgan fingerprint density at radius 1 is 1.40 bits per heavy atom. The van der Waals surface area contributed by atoms with Gasteiger partial charge in [0.2, 0.25) is 0 Å². The molecule has 0 aromatic heterocycles. The molecule has 0 amide bonds. The van der Waals surface area contributed by atoms with Gasteiger partial charge in [-0.1, -0.05) is 19.6 Å². The first kappa shape index (κ1) is 14.3. The molecule has 0 aromatic carbocycles. The van der Waals surface area contributed by atoms with E-state index in [1.54, 1.807) is 6.34 Å². The molecule has 15 heavy (non-hydrogen) atoms. The molecule has 0 heterocycles. The molecule has 0 saturated carbocycles. The highest BCUT2D eigenvalue weighted by Gasteiger charge is 2.12. The fourth-order valence-electron chi connectivity index (χ4n) is 0.894. The molecular formula is C10H23N3OSi. The summed E-state index contributed by atoms with van der Waals surface area (Å²) in [6, 6.07) is 1.19. The lowest BCUT2D eigenvalue weighted by Gasteiger charge is -2.19. The molecule has 88 valence electrons. The second kappa shape index (κ2) is 7.59. The molecule has 0 aliphatic carbocycles. The zero-order chi connectivity index (χ0) is 11.7. The van der Waals surface area contributed by atoms with E-state index >= 15 is 0 Å². The smallest absolute Gasteiger partial charge is 0.119 e. The van der Waals surface area contributed by atoms with Crippen molar-refractivity contribution in [2.75, 3.05) is 19.9 Å². The quantitative estimate of drug-likeness (QED) is 0.228. The fraction of sp³-hybridized carbons (Fsp3) is 0.800. The summed E-state index contributed by atoms with van der Waals surface area (Å²) < 4.78 is 5.55. The van der Waals surface area contributed by atoms with Crippen LogP contribution in [0.1, 0.15) is 6.92 Å². The van der Waals surface area contributed by atoms with Crippen LogP contribution in [0.5, 0.6) is 0 Å². The van der Waals surface area contributed by atoms with Gasteiger partial charge < -0.3 is 9.64 Å². The Bertz CT molecular complexity index is 201. The third-order valence-corrected chi connectivity index (χ3v) is 3.67. The standard InChI is InChI=1S/C10H23N3OSi/c1-5-13(9-12-8-11)10-14-6-7-15(2,3)4/h8-9,11H,5-7,10H2,1-4H3/b11-8?,12-9+. The molecule has 0 rings (SSSR count). The van der Waals surface area contributed by atoms with Gasteiger partial charge in [-0.2, -0.15) is 0 Å². The van der Waals surface area contributed by atoms with Gasteiger partial charge in [-0.05, 0) is 13.0 Å². The second-order valence-corrected chi connectivity index (χ2v) is 10.3. The van der Waals surface area contributed by atoms with Crippen molar-refractivity contribution in [3.8, 4) is 0 Å². The summed E-state index contributed by atoms with van der Waals surface area (Å²) in [5, 5.41) is 6.78. The molecule has 0 aromatic rings. The van der Waals surface area contributed by atoms with Crippen molar-refractivity contribution in [2.24, 2.45) is 4.99 Å². The number of aliphatic imine (C=N–C) groups is 1. The van der Waals surface area contributed by atoms with E-state index in [1.165, 1.54) is 6.04 Å². The van der Waals surface area contributed by atoms with Crippen LogP contribution in [0.4, 0.5) is 0 Å². The van der Waals surface area contributed by atoms with Crippen LogP contribution in [0, 0.1) is 5.41 Å². The van der Waals surface area contributed by atoms with E-state index < -0.39 is 8.07 Å². The van der Waals surface area contributed by atoms with Crippen molar-refractivity contribution < 1.29 is 4.74 Å². The summed E-state index contributed by atoms with van der Waals surface area (Å²) in [5.74, 6) is 0. The fourth-order valence-corrected chi connectivity index (χ4v) is 1.65. The van der Waals surface area contributed by atoms with Crippen LogP contribution in [0.2, 0.25) is 25.7 Å². The van der Waals surface area contributed by atoms with Crippen molar-refractivity contribution >= 4 is 20.8 Å². The van der Waals surface area contributed by atoms with E-state index in [0.29, 0.717) is 6.73 Å². The maximum Gasteiger partial charge on any atom is 0.119 e. The Kier molecular flexibility index (Phi) is 7.24. The first-order valence-corrected chi connectivity index (χ1v) is 9.04. The van der Waals surface area contributed by atoms with E-state index in [1.807, 2.05) is 11.8 Å². The molecule has 0 saturated heterocycles. The monoisotopic (exact) mass is 229 g/mol. The highest BCUT2D eigenvalue weighted by atomic mass is 28.3. The van der Waals surface area contributed by atoms with Crippen LogP contribution < -0.4 is 0 Å². The topological polar surface area (TPSA) is 48.7 Å². The Balaban J connectivity index is 3.64. The summed E-state index contributed by atoms with van der Waals surface area (Å²) in [4.78, 5) is 5.68. The van der Waals surface area contributed by atoms with Gasteiger partial charge in [0.05, 0.1) is 6.34 Å². The summed E-state index contributed by atoms with van der Waals surface area (Å²) in [6.45, 7) is 11.3. The molecule has 0 unspecified atom stereocenters.